The molecule has 0 bridgehead atoms. The second-order valence-corrected chi connectivity index (χ2v) is 2.59. The van der Waals surface area contributed by atoms with E-state index in [9.17, 15) is 0 Å². The van der Waals surface area contributed by atoms with Crippen LogP contribution in [0.1, 0.15) is 9.67 Å². The molecule has 0 aromatic carbocycles. The van der Waals surface area contributed by atoms with Crippen molar-refractivity contribution in [2.75, 3.05) is 6.62 Å². The molecule has 0 saturated heterocycles. The minimum absolute atomic E-state index is 0.265. The standard InChI is InChI=1S/C6H8N4S/c1-3-4-5(8-2-7-3)10-6(11)9-4/h7H,2H2,1H3,(H2,8,9,10,11)/i2D2/hD. The molecule has 1 aromatic heterocycles. The van der Waals surface area contributed by atoms with Gasteiger partial charge in [0.25, 0.3) is 0 Å². The van der Waals surface area contributed by atoms with Gasteiger partial charge in [-0.05, 0) is 6.92 Å². The second kappa shape index (κ2) is 2.27. The third-order valence-electron chi connectivity index (χ3n) is 1.41. The van der Waals surface area contributed by atoms with E-state index in [1.165, 1.54) is 0 Å². The third-order valence-corrected chi connectivity index (χ3v) is 1.62. The lowest BCUT2D eigenvalue weighted by atomic mass is 10.4. The second-order valence-electron chi connectivity index (χ2n) is 2.17. The molecule has 1 aromatic rings. The van der Waals surface area contributed by atoms with Crippen molar-refractivity contribution in [2.24, 2.45) is 4.99 Å². The van der Waals surface area contributed by atoms with Crippen LogP contribution in [0.15, 0.2) is 10.1 Å². The first-order valence-corrected chi connectivity index (χ1v) is 3.51. The Labute approximate surface area is 73.1 Å². The van der Waals surface area contributed by atoms with E-state index in [2.05, 4.69) is 27.6 Å². The number of rotatable bonds is 0. The summed E-state index contributed by atoms with van der Waals surface area (Å²) in [6.07, 6.45) is 0. The van der Waals surface area contributed by atoms with Gasteiger partial charge in [-0.2, -0.15) is 0 Å². The summed E-state index contributed by atoms with van der Waals surface area (Å²) in [5.41, 5.74) is 0.703. The molecule has 2 heterocycles. The molecule has 0 fully saturated rings. The molecule has 2 rings (SSSR count). The fourth-order valence-electron chi connectivity index (χ4n) is 0.888. The van der Waals surface area contributed by atoms with Crippen molar-refractivity contribution in [3.05, 3.63) is 10.8 Å². The molecule has 0 unspecified atom stereocenters. The van der Waals surface area contributed by atoms with E-state index >= 15 is 0 Å². The van der Waals surface area contributed by atoms with Crippen LogP contribution in [0.4, 0.5) is 0 Å². The Morgan fingerprint density at radius 2 is 2.64 bits per heavy atom. The Bertz CT molecular complexity index is 494. The van der Waals surface area contributed by atoms with Gasteiger partial charge in [0.2, 0.25) is 0 Å². The van der Waals surface area contributed by atoms with E-state index in [4.69, 9.17) is 4.15 Å². The quantitative estimate of drug-likeness (QED) is 0.439. The topological polar surface area (TPSA) is 53.1 Å². The number of hydrogen-bond acceptors (Lipinski definition) is 4. The number of H-pyrrole nitrogens is 1. The summed E-state index contributed by atoms with van der Waals surface area (Å²) in [5, 5.41) is 1.62. The molecule has 5 heteroatoms. The van der Waals surface area contributed by atoms with Gasteiger partial charge in [-0.15, -0.1) is 12.6 Å². The lowest BCUT2D eigenvalue weighted by Crippen LogP contribution is -2.37. The third kappa shape index (κ3) is 1.01. The Hall–Kier alpha value is -0.970. The number of hydrogen-bond donors (Lipinski definition) is 3. The molecular weight excluding hydrogens is 160 g/mol. The molecule has 1 aliphatic heterocycles. The Morgan fingerprint density at radius 3 is 3.45 bits per heavy atom. The highest BCUT2D eigenvalue weighted by Crippen LogP contribution is 1.89. The summed E-state index contributed by atoms with van der Waals surface area (Å²) in [4.78, 5) is 10.4. The number of aromatic amines is 1. The fraction of sp³-hybridized carbons (Fsp3) is 0.333. The summed E-state index contributed by atoms with van der Waals surface area (Å²) in [6.45, 7) is -0.434. The molecule has 0 amide bonds. The summed E-state index contributed by atoms with van der Waals surface area (Å²) in [6, 6.07) is 0. The van der Waals surface area contributed by atoms with Crippen LogP contribution in [0.2, 0.25) is 1.41 Å². The molecule has 0 aliphatic carbocycles. The van der Waals surface area contributed by atoms with E-state index in [-0.39, 0.29) is 5.49 Å². The van der Waals surface area contributed by atoms with Crippen molar-refractivity contribution in [1.29, 1.82) is 0 Å². The van der Waals surface area contributed by atoms with Crippen molar-refractivity contribution < 1.29 is 4.15 Å². The fourth-order valence-corrected chi connectivity index (χ4v) is 1.09. The van der Waals surface area contributed by atoms with Gasteiger partial charge in [-0.25, -0.2) is 9.98 Å². The predicted molar refractivity (Wildman–Crippen MR) is 43.7 cm³/mol. The van der Waals surface area contributed by atoms with E-state index in [0.717, 1.165) is 0 Å². The first-order chi connectivity index (χ1) is 6.42. The average molecular weight is 171 g/mol. The molecule has 0 saturated carbocycles. The van der Waals surface area contributed by atoms with E-state index in [0.29, 0.717) is 21.5 Å². The molecule has 0 radical (unpaired) electrons. The van der Waals surface area contributed by atoms with Crippen molar-refractivity contribution >= 4 is 18.3 Å². The van der Waals surface area contributed by atoms with Crippen molar-refractivity contribution in [3.8, 4) is 0 Å². The molecule has 58 valence electrons. The molecule has 1 aliphatic rings. The van der Waals surface area contributed by atoms with Crippen LogP contribution in [0.25, 0.3) is 5.70 Å². The lowest BCUT2D eigenvalue weighted by molar-refractivity contribution is 0.818. The largest absolute Gasteiger partial charge is 0.368 e. The first-order valence-electron chi connectivity index (χ1n) is 4.51. The van der Waals surface area contributed by atoms with E-state index < -0.39 is 6.62 Å². The number of thiol groups is 1. The summed E-state index contributed by atoms with van der Waals surface area (Å²) < 4.78 is 22.4. The maximum atomic E-state index is 7.48. The monoisotopic (exact) mass is 171 g/mol. The Kier molecular flexibility index (Phi) is 0.856. The normalized spacial score (nSPS) is 24.7. The number of fused-ring (bicyclic) bond motifs is 1. The van der Waals surface area contributed by atoms with Gasteiger partial charge in [0.05, 0.1) is 2.74 Å². The van der Waals surface area contributed by atoms with E-state index in [1.54, 1.807) is 6.92 Å². The first kappa shape index (κ1) is 4.15. The van der Waals surface area contributed by atoms with Gasteiger partial charge in [-0.3, -0.25) is 0 Å². The minimum Gasteiger partial charge on any atom is -0.368 e. The summed E-state index contributed by atoms with van der Waals surface area (Å²) >= 11 is 4.00. The minimum atomic E-state index is -2.06. The molecule has 0 atom stereocenters. The van der Waals surface area contributed by atoms with E-state index in [1.807, 2.05) is 0 Å². The number of aromatic nitrogens is 2. The van der Waals surface area contributed by atoms with Crippen LogP contribution in [-0.4, -0.2) is 16.6 Å². The van der Waals surface area contributed by atoms with Crippen molar-refractivity contribution in [3.63, 3.8) is 0 Å². The van der Waals surface area contributed by atoms with Gasteiger partial charge in [0.15, 0.2) is 12.1 Å². The van der Waals surface area contributed by atoms with Gasteiger partial charge in [-0.1, -0.05) is 0 Å². The number of nitrogens with one attached hydrogen (secondary N) is 2. The van der Waals surface area contributed by atoms with Crippen LogP contribution in [0.3, 0.4) is 0 Å². The van der Waals surface area contributed by atoms with Crippen LogP contribution in [0.5, 0.6) is 0 Å². The number of nitrogens with zero attached hydrogens (tertiary/aromatic N) is 2. The highest BCUT2D eigenvalue weighted by atomic mass is 32.1. The van der Waals surface area contributed by atoms with Crippen LogP contribution >= 0.6 is 12.6 Å². The average Bonchev–Trinajstić information content (AvgIpc) is 2.41. The summed E-state index contributed by atoms with van der Waals surface area (Å²) in [5.74, 6) is 0. The van der Waals surface area contributed by atoms with Gasteiger partial charge in [0, 0.05) is 5.70 Å². The smallest absolute Gasteiger partial charge is 0.177 e. The molecule has 2 N–H and O–H groups in total. The SMILES string of the molecule is [2H]N1C(C)=c2[nH]c(S)nc2=NC1([2H])[2H]. The maximum Gasteiger partial charge on any atom is 0.177 e. The van der Waals surface area contributed by atoms with Gasteiger partial charge < -0.3 is 10.3 Å². The van der Waals surface area contributed by atoms with Crippen LogP contribution in [-0.2, 0) is 0 Å². The van der Waals surface area contributed by atoms with Crippen LogP contribution < -0.4 is 16.1 Å². The maximum absolute atomic E-state index is 7.48. The zero-order valence-corrected chi connectivity index (χ0v) is 6.68. The molecule has 4 nitrogen and oxygen atoms in total. The zero-order chi connectivity index (χ0) is 10.5. The Balaban J connectivity index is 2.83. The van der Waals surface area contributed by atoms with Crippen molar-refractivity contribution in [2.45, 2.75) is 12.1 Å². The molecule has 0 spiro atoms. The van der Waals surface area contributed by atoms with Gasteiger partial charge >= 0.3 is 0 Å². The highest BCUT2D eigenvalue weighted by Gasteiger charge is 2.02. The van der Waals surface area contributed by atoms with Gasteiger partial charge in [0.1, 0.15) is 12.0 Å². The molecule has 11 heavy (non-hydrogen) atoms. The van der Waals surface area contributed by atoms with Crippen LogP contribution in [0, 0.1) is 0 Å². The number of imidazole rings is 1. The zero-order valence-electron chi connectivity index (χ0n) is 8.79. The van der Waals surface area contributed by atoms with Crippen molar-refractivity contribution in [1.82, 2.24) is 15.3 Å². The molecular formula is C6H8N4S. The predicted octanol–water partition coefficient (Wildman–Crippen LogP) is -0.993. The highest BCUT2D eigenvalue weighted by molar-refractivity contribution is 7.80. The Morgan fingerprint density at radius 1 is 1.82 bits per heavy atom. The summed E-state index contributed by atoms with van der Waals surface area (Å²) in [7, 11) is 0. The lowest BCUT2D eigenvalue weighted by Gasteiger charge is -2.03.